The summed E-state index contributed by atoms with van der Waals surface area (Å²) < 4.78 is 5.65. The van der Waals surface area contributed by atoms with Crippen LogP contribution in [0, 0.1) is 6.92 Å². The van der Waals surface area contributed by atoms with E-state index < -0.39 is 0 Å². The highest BCUT2D eigenvalue weighted by atomic mass is 16.5. The number of carbonyl (C=O) groups excluding carboxylic acids is 1. The molecule has 0 aromatic carbocycles. The molecule has 7 nitrogen and oxygen atoms in total. The molecule has 0 spiro atoms. The average Bonchev–Trinajstić information content (AvgIpc) is 2.74. The number of ether oxygens (including phenoxy) is 1. The summed E-state index contributed by atoms with van der Waals surface area (Å²) in [5.41, 5.74) is 0. The zero-order valence-electron chi connectivity index (χ0n) is 12.5. The first-order valence-electron chi connectivity index (χ1n) is 7.00. The average molecular weight is 281 g/mol. The molecule has 2 heterocycles. The lowest BCUT2D eigenvalue weighted by molar-refractivity contribution is -0.126. The van der Waals surface area contributed by atoms with Crippen molar-refractivity contribution in [3.05, 3.63) is 11.6 Å². The minimum atomic E-state index is -0.191. The number of hydrogen-bond donors (Lipinski definition) is 2. The molecule has 1 unspecified atom stereocenters. The lowest BCUT2D eigenvalue weighted by Crippen LogP contribution is -2.49. The molecule has 3 atom stereocenters. The second-order valence-electron chi connectivity index (χ2n) is 5.52. The fourth-order valence-corrected chi connectivity index (χ4v) is 2.52. The van der Waals surface area contributed by atoms with E-state index >= 15 is 0 Å². The summed E-state index contributed by atoms with van der Waals surface area (Å²) in [5.74, 6) is 1.35. The van der Waals surface area contributed by atoms with Crippen LogP contribution in [0.4, 0.5) is 0 Å². The molecule has 2 rings (SSSR count). The van der Waals surface area contributed by atoms with E-state index in [-0.39, 0.29) is 24.2 Å². The monoisotopic (exact) mass is 281 g/mol. The van der Waals surface area contributed by atoms with Gasteiger partial charge in [-0.15, -0.1) is 0 Å². The first kappa shape index (κ1) is 14.9. The summed E-state index contributed by atoms with van der Waals surface area (Å²) in [5, 5.41) is 9.75. The fraction of sp³-hybridized carbons (Fsp3) is 0.769. The van der Waals surface area contributed by atoms with E-state index in [2.05, 4.69) is 25.4 Å². The molecule has 1 fully saturated rings. The molecule has 20 heavy (non-hydrogen) atoms. The van der Waals surface area contributed by atoms with Crippen LogP contribution >= 0.6 is 0 Å². The van der Waals surface area contributed by atoms with Gasteiger partial charge in [0.15, 0.2) is 5.82 Å². The van der Waals surface area contributed by atoms with Crippen LogP contribution in [0.2, 0.25) is 0 Å². The zero-order chi connectivity index (χ0) is 14.7. The number of nitrogens with zero attached hydrogens (tertiary/aromatic N) is 3. The number of hydrogen-bond acceptors (Lipinski definition) is 5. The molecule has 0 saturated carbocycles. The van der Waals surface area contributed by atoms with Crippen LogP contribution in [-0.2, 0) is 9.53 Å². The van der Waals surface area contributed by atoms with Crippen molar-refractivity contribution in [2.45, 2.75) is 45.9 Å². The molecule has 0 aliphatic carbocycles. The maximum Gasteiger partial charge on any atom is 0.234 e. The molecular weight excluding hydrogens is 258 g/mol. The smallest absolute Gasteiger partial charge is 0.234 e. The van der Waals surface area contributed by atoms with Crippen molar-refractivity contribution in [3.63, 3.8) is 0 Å². The van der Waals surface area contributed by atoms with Gasteiger partial charge in [0.1, 0.15) is 5.82 Å². The Kier molecular flexibility index (Phi) is 4.72. The van der Waals surface area contributed by atoms with E-state index in [0.717, 1.165) is 18.9 Å². The van der Waals surface area contributed by atoms with Gasteiger partial charge in [0.25, 0.3) is 0 Å². The number of nitrogens with one attached hydrogen (secondary N) is 2. The third kappa shape index (κ3) is 4.01. The zero-order valence-corrected chi connectivity index (χ0v) is 12.5. The van der Waals surface area contributed by atoms with Gasteiger partial charge in [-0.1, -0.05) is 0 Å². The van der Waals surface area contributed by atoms with E-state index in [1.807, 2.05) is 27.7 Å². The lowest BCUT2D eigenvalue weighted by atomic mass is 10.2. The van der Waals surface area contributed by atoms with Crippen molar-refractivity contribution < 1.29 is 9.53 Å². The van der Waals surface area contributed by atoms with Crippen molar-refractivity contribution in [2.75, 3.05) is 19.6 Å². The van der Waals surface area contributed by atoms with Crippen molar-refractivity contribution in [2.24, 2.45) is 0 Å². The predicted molar refractivity (Wildman–Crippen MR) is 74.1 cm³/mol. The van der Waals surface area contributed by atoms with Crippen molar-refractivity contribution >= 4 is 5.91 Å². The summed E-state index contributed by atoms with van der Waals surface area (Å²) in [6.45, 7) is 9.72. The van der Waals surface area contributed by atoms with Crippen LogP contribution in [-0.4, -0.2) is 57.8 Å². The third-order valence-corrected chi connectivity index (χ3v) is 3.24. The number of morpholine rings is 1. The van der Waals surface area contributed by atoms with Crippen LogP contribution in [0.15, 0.2) is 0 Å². The summed E-state index contributed by atoms with van der Waals surface area (Å²) in [7, 11) is 0. The van der Waals surface area contributed by atoms with E-state index in [9.17, 15) is 4.79 Å². The summed E-state index contributed by atoms with van der Waals surface area (Å²) >= 11 is 0. The minimum absolute atomic E-state index is 0.0127. The Labute approximate surface area is 119 Å². The van der Waals surface area contributed by atoms with Crippen LogP contribution in [0.1, 0.15) is 38.5 Å². The number of aryl methyl sites for hydroxylation is 1. The highest BCUT2D eigenvalue weighted by Crippen LogP contribution is 2.11. The standard InChI is InChI=1S/C13H23N5O2/c1-8-5-18(6-9(2)20-8)7-12(19)14-10(3)13-15-11(4)16-17-13/h8-10H,5-7H2,1-4H3,(H,14,19)(H,15,16,17)/t8-,9+,10?. The molecule has 0 bridgehead atoms. The van der Waals surface area contributed by atoms with Crippen molar-refractivity contribution in [3.8, 4) is 0 Å². The number of aromatic amines is 1. The van der Waals surface area contributed by atoms with Gasteiger partial charge in [0.2, 0.25) is 5.91 Å². The van der Waals surface area contributed by atoms with Crippen LogP contribution < -0.4 is 5.32 Å². The van der Waals surface area contributed by atoms with Crippen LogP contribution in [0.3, 0.4) is 0 Å². The van der Waals surface area contributed by atoms with Gasteiger partial charge in [-0.3, -0.25) is 14.8 Å². The normalized spacial score (nSPS) is 25.4. The Hall–Kier alpha value is -1.47. The Bertz CT molecular complexity index is 451. The topological polar surface area (TPSA) is 83.1 Å². The van der Waals surface area contributed by atoms with E-state index in [0.29, 0.717) is 12.4 Å². The van der Waals surface area contributed by atoms with Crippen LogP contribution in [0.5, 0.6) is 0 Å². The van der Waals surface area contributed by atoms with Gasteiger partial charge in [-0.2, -0.15) is 5.10 Å². The van der Waals surface area contributed by atoms with Gasteiger partial charge in [0, 0.05) is 13.1 Å². The molecule has 1 aromatic heterocycles. The van der Waals surface area contributed by atoms with Gasteiger partial charge in [0.05, 0.1) is 24.8 Å². The molecule has 7 heteroatoms. The molecule has 1 aromatic rings. The van der Waals surface area contributed by atoms with Crippen molar-refractivity contribution in [1.29, 1.82) is 0 Å². The number of aromatic nitrogens is 3. The summed E-state index contributed by atoms with van der Waals surface area (Å²) in [6.07, 6.45) is 0.333. The van der Waals surface area contributed by atoms with Gasteiger partial charge < -0.3 is 10.1 Å². The van der Waals surface area contributed by atoms with Gasteiger partial charge >= 0.3 is 0 Å². The first-order chi connectivity index (χ1) is 9.44. The first-order valence-corrected chi connectivity index (χ1v) is 7.00. The molecule has 1 aliphatic rings. The third-order valence-electron chi connectivity index (χ3n) is 3.24. The minimum Gasteiger partial charge on any atom is -0.373 e. The molecule has 112 valence electrons. The lowest BCUT2D eigenvalue weighted by Gasteiger charge is -2.34. The van der Waals surface area contributed by atoms with Crippen LogP contribution in [0.25, 0.3) is 0 Å². The molecule has 1 aliphatic heterocycles. The van der Waals surface area contributed by atoms with Gasteiger partial charge in [-0.05, 0) is 27.7 Å². The van der Waals surface area contributed by atoms with Gasteiger partial charge in [-0.25, -0.2) is 4.98 Å². The molecule has 1 saturated heterocycles. The van der Waals surface area contributed by atoms with E-state index in [1.165, 1.54) is 0 Å². The maximum absolute atomic E-state index is 12.1. The van der Waals surface area contributed by atoms with Crippen molar-refractivity contribution in [1.82, 2.24) is 25.4 Å². The molecule has 1 amide bonds. The van der Waals surface area contributed by atoms with E-state index in [1.54, 1.807) is 0 Å². The summed E-state index contributed by atoms with van der Waals surface area (Å²) in [6, 6.07) is -0.191. The Morgan fingerprint density at radius 2 is 2.15 bits per heavy atom. The van der Waals surface area contributed by atoms with E-state index in [4.69, 9.17) is 4.74 Å². The largest absolute Gasteiger partial charge is 0.373 e. The fourth-order valence-electron chi connectivity index (χ4n) is 2.52. The number of carbonyl (C=O) groups is 1. The Balaban J connectivity index is 1.83. The molecule has 0 radical (unpaired) electrons. The SMILES string of the molecule is Cc1nc(C(C)NC(=O)CN2C[C@@H](C)O[C@@H](C)C2)n[nH]1. The predicted octanol–water partition coefficient (Wildman–Crippen LogP) is 0.400. The number of amides is 1. The Morgan fingerprint density at radius 1 is 1.50 bits per heavy atom. The quantitative estimate of drug-likeness (QED) is 0.834. The highest BCUT2D eigenvalue weighted by Gasteiger charge is 2.24. The second kappa shape index (κ2) is 6.32. The highest BCUT2D eigenvalue weighted by molar-refractivity contribution is 5.78. The number of rotatable bonds is 4. The second-order valence-corrected chi connectivity index (χ2v) is 5.52. The Morgan fingerprint density at radius 3 is 2.70 bits per heavy atom. The maximum atomic E-state index is 12.1. The number of H-pyrrole nitrogens is 1. The molecule has 2 N–H and O–H groups in total. The molecular formula is C13H23N5O2. The summed E-state index contributed by atoms with van der Waals surface area (Å²) in [4.78, 5) is 18.4.